The Bertz CT molecular complexity index is 2330. The Hall–Kier alpha value is -4.60. The molecule has 0 aliphatic heterocycles. The Labute approximate surface area is 380 Å². The summed E-state index contributed by atoms with van der Waals surface area (Å²) in [5, 5.41) is 26.5. The van der Waals surface area contributed by atoms with Gasteiger partial charge in [0.1, 0.15) is 12.5 Å². The highest BCUT2D eigenvalue weighted by molar-refractivity contribution is 6.34. The molecular formula is C43H52Cl2F6N6O8. The first-order valence-corrected chi connectivity index (χ1v) is 22.0. The van der Waals surface area contributed by atoms with Crippen molar-refractivity contribution < 1.29 is 55.6 Å². The molecule has 0 bridgehead atoms. The fourth-order valence-corrected chi connectivity index (χ4v) is 8.34. The van der Waals surface area contributed by atoms with E-state index in [9.17, 15) is 55.7 Å². The first-order valence-electron chi connectivity index (χ1n) is 21.3. The molecule has 358 valence electrons. The number of aryl methyl sites for hydroxylation is 1. The number of amides is 2. The lowest BCUT2D eigenvalue weighted by atomic mass is 9.98. The number of carbonyl (C=O) groups excluding carboxylic acids is 2. The minimum Gasteiger partial charge on any atom is -0.373 e. The number of aliphatic hydroxyl groups excluding tert-OH is 2. The van der Waals surface area contributed by atoms with Gasteiger partial charge in [-0.15, -0.1) is 26.3 Å². The highest BCUT2D eigenvalue weighted by Crippen LogP contribution is 2.28. The molecule has 2 aromatic heterocycles. The number of aromatic nitrogens is 4. The molecule has 22 heteroatoms. The summed E-state index contributed by atoms with van der Waals surface area (Å²) in [5.41, 5.74) is 0.0430. The number of imidazole rings is 2. The third-order valence-corrected chi connectivity index (χ3v) is 12.1. The third-order valence-electron chi connectivity index (χ3n) is 11.4. The van der Waals surface area contributed by atoms with Gasteiger partial charge < -0.3 is 20.8 Å². The van der Waals surface area contributed by atoms with Crippen LogP contribution in [0.5, 0.6) is 0 Å². The summed E-state index contributed by atoms with van der Waals surface area (Å²) in [5.74, 6) is -1.20. The first-order chi connectivity index (χ1) is 30.7. The predicted molar refractivity (Wildman–Crippen MR) is 228 cm³/mol. The van der Waals surface area contributed by atoms with E-state index < -0.39 is 61.6 Å². The predicted octanol–water partition coefficient (Wildman–Crippen LogP) is 8.00. The zero-order valence-corrected chi connectivity index (χ0v) is 37.0. The van der Waals surface area contributed by atoms with Crippen molar-refractivity contribution in [2.24, 2.45) is 11.8 Å². The number of rotatable bonds is 14. The summed E-state index contributed by atoms with van der Waals surface area (Å²) in [4.78, 5) is 50.8. The number of nitrogens with zero attached hydrogens (tertiary/aromatic N) is 4. The average molecular weight is 966 g/mol. The van der Waals surface area contributed by atoms with E-state index in [1.54, 1.807) is 6.92 Å². The monoisotopic (exact) mass is 964 g/mol. The van der Waals surface area contributed by atoms with Crippen LogP contribution in [0.15, 0.2) is 64.6 Å². The van der Waals surface area contributed by atoms with Crippen LogP contribution in [0.2, 0.25) is 10.0 Å². The number of benzene rings is 2. The molecule has 2 aliphatic rings. The summed E-state index contributed by atoms with van der Waals surface area (Å²) in [7, 11) is 0. The molecule has 6 rings (SSSR count). The molecular weight excluding hydrogens is 913 g/mol. The summed E-state index contributed by atoms with van der Waals surface area (Å²) >= 11 is 12.4. The van der Waals surface area contributed by atoms with E-state index in [2.05, 4.69) is 20.1 Å². The van der Waals surface area contributed by atoms with Gasteiger partial charge >= 0.3 is 24.1 Å². The van der Waals surface area contributed by atoms with Gasteiger partial charge in [-0.2, -0.15) is 0 Å². The molecule has 2 saturated carbocycles. The normalized spacial score (nSPS) is 16.5. The van der Waals surface area contributed by atoms with E-state index in [-0.39, 0.29) is 46.1 Å². The van der Waals surface area contributed by atoms with Crippen LogP contribution in [0, 0.1) is 18.8 Å². The number of alkyl halides is 6. The lowest BCUT2D eigenvalue weighted by Crippen LogP contribution is -2.40. The zero-order valence-electron chi connectivity index (χ0n) is 35.5. The van der Waals surface area contributed by atoms with Crippen LogP contribution in [0.3, 0.4) is 0 Å². The maximum atomic E-state index is 12.8. The molecule has 2 heterocycles. The molecule has 2 atom stereocenters. The van der Waals surface area contributed by atoms with Crippen molar-refractivity contribution in [2.75, 3.05) is 13.2 Å². The minimum absolute atomic E-state index is 0.0287. The number of carbonyl (C=O) groups is 2. The van der Waals surface area contributed by atoms with Crippen molar-refractivity contribution in [2.45, 2.75) is 122 Å². The van der Waals surface area contributed by atoms with E-state index in [0.29, 0.717) is 17.1 Å². The van der Waals surface area contributed by atoms with Crippen LogP contribution < -0.4 is 22.0 Å². The fraction of sp³-hybridized carbons (Fsp3) is 0.535. The quantitative estimate of drug-likeness (QED) is 0.0560. The molecule has 2 aromatic carbocycles. The average Bonchev–Trinajstić information content (AvgIpc) is 3.47. The van der Waals surface area contributed by atoms with Crippen LogP contribution in [-0.2, 0) is 22.6 Å². The standard InChI is InChI=1S/C22H27ClF3N3O4.C21H25ClF3N3O4/c1-14-13-29(21(32)28(14)10-11-33-22(24,25)26)16-8-9-18(23)17(12-16)20(31)27-19(30)15-6-4-2-3-5-7-15;22-17-8-7-15(28-10-9-27(20(28)31)11-12-32-21(23,24)25)13-16(17)19(30)26-18(29)14-5-3-1-2-4-6-14/h8-9,12-13,15,19,30H,2-7,10-11H2,1H3,(H,27,31);7-10,13-14,18,29H,1-6,11-12H2,(H,26,30). The van der Waals surface area contributed by atoms with Gasteiger partial charge in [0.05, 0.1) is 58.9 Å². The van der Waals surface area contributed by atoms with E-state index >= 15 is 0 Å². The molecule has 65 heavy (non-hydrogen) atoms. The molecule has 2 aliphatic carbocycles. The van der Waals surface area contributed by atoms with Gasteiger partial charge in [-0.05, 0) is 69.0 Å². The van der Waals surface area contributed by atoms with Gasteiger partial charge in [-0.1, -0.05) is 74.6 Å². The SMILES string of the molecule is Cc1cn(-c2ccc(Cl)c(C(=O)NC(O)C3CCCCCC3)c2)c(=O)n1CCOC(F)(F)F.O=C(NC(O)C1CCCCCC1)c1cc(-n2ccn(CCOC(F)(F)F)c2=O)ccc1Cl. The summed E-state index contributed by atoms with van der Waals surface area (Å²) < 4.78 is 85.2. The molecule has 2 unspecified atom stereocenters. The number of ether oxygens (including phenoxy) is 2. The molecule has 14 nitrogen and oxygen atoms in total. The van der Waals surface area contributed by atoms with Gasteiger partial charge in [0.2, 0.25) is 0 Å². The highest BCUT2D eigenvalue weighted by Gasteiger charge is 2.30. The Kier molecular flexibility index (Phi) is 18.4. The Morgan fingerprint density at radius 3 is 1.55 bits per heavy atom. The highest BCUT2D eigenvalue weighted by atomic mass is 35.5. The second kappa shape index (κ2) is 23.2. The second-order valence-corrected chi connectivity index (χ2v) is 16.8. The molecule has 0 radical (unpaired) electrons. The summed E-state index contributed by atoms with van der Waals surface area (Å²) in [6, 6.07) is 8.75. The first kappa shape index (κ1) is 51.4. The number of aliphatic hydroxyl groups is 2. The molecule has 2 amide bonds. The zero-order chi connectivity index (χ0) is 47.5. The summed E-state index contributed by atoms with van der Waals surface area (Å²) in [6.45, 7) is -0.411. The lowest BCUT2D eigenvalue weighted by Gasteiger charge is -2.22. The summed E-state index contributed by atoms with van der Waals surface area (Å²) in [6.07, 6.45) is 4.38. The van der Waals surface area contributed by atoms with Gasteiger partial charge in [0, 0.05) is 36.1 Å². The largest absolute Gasteiger partial charge is 0.522 e. The van der Waals surface area contributed by atoms with Gasteiger partial charge in [-0.25, -0.2) is 9.59 Å². The van der Waals surface area contributed by atoms with Crippen molar-refractivity contribution in [3.8, 4) is 11.4 Å². The van der Waals surface area contributed by atoms with Crippen LogP contribution in [0.25, 0.3) is 11.4 Å². The lowest BCUT2D eigenvalue weighted by molar-refractivity contribution is -0.326. The topological polar surface area (TPSA) is 171 Å². The van der Waals surface area contributed by atoms with Gasteiger partial charge in [0.15, 0.2) is 0 Å². The van der Waals surface area contributed by atoms with Crippen molar-refractivity contribution in [3.63, 3.8) is 0 Å². The third kappa shape index (κ3) is 15.0. The second-order valence-electron chi connectivity index (χ2n) is 16.0. The van der Waals surface area contributed by atoms with Crippen molar-refractivity contribution in [1.29, 1.82) is 0 Å². The van der Waals surface area contributed by atoms with E-state index in [4.69, 9.17) is 23.2 Å². The maximum Gasteiger partial charge on any atom is 0.522 e. The van der Waals surface area contributed by atoms with E-state index in [1.807, 2.05) is 0 Å². The van der Waals surface area contributed by atoms with Crippen molar-refractivity contribution in [3.05, 3.63) is 103 Å². The van der Waals surface area contributed by atoms with Crippen molar-refractivity contribution >= 4 is 35.0 Å². The molecule has 4 N–H and O–H groups in total. The van der Waals surface area contributed by atoms with Crippen molar-refractivity contribution in [1.82, 2.24) is 28.9 Å². The Morgan fingerprint density at radius 1 is 0.677 bits per heavy atom. The Morgan fingerprint density at radius 2 is 1.11 bits per heavy atom. The smallest absolute Gasteiger partial charge is 0.373 e. The van der Waals surface area contributed by atoms with Crippen LogP contribution in [-0.4, -0.2) is 78.7 Å². The molecule has 0 spiro atoms. The maximum absolute atomic E-state index is 12.8. The van der Waals surface area contributed by atoms with Gasteiger partial charge in [0.25, 0.3) is 11.8 Å². The van der Waals surface area contributed by atoms with Gasteiger partial charge in [-0.3, -0.25) is 37.3 Å². The number of hydrogen-bond donors (Lipinski definition) is 4. The number of hydrogen-bond acceptors (Lipinski definition) is 8. The molecule has 0 saturated heterocycles. The van der Waals surface area contributed by atoms with Crippen LogP contribution in [0.1, 0.15) is 103 Å². The van der Waals surface area contributed by atoms with Crippen LogP contribution in [0.4, 0.5) is 26.3 Å². The number of halogens is 8. The number of nitrogens with one attached hydrogen (secondary N) is 2. The molecule has 2 fully saturated rings. The fourth-order valence-electron chi connectivity index (χ4n) is 7.93. The van der Waals surface area contributed by atoms with Crippen LogP contribution >= 0.6 is 23.2 Å². The van der Waals surface area contributed by atoms with E-state index in [0.717, 1.165) is 86.2 Å². The Balaban J connectivity index is 0.000000244. The minimum atomic E-state index is -4.78. The van der Waals surface area contributed by atoms with E-state index in [1.165, 1.54) is 64.1 Å². The molecule has 4 aromatic rings.